The fourth-order valence-electron chi connectivity index (χ4n) is 2.05. The minimum atomic E-state index is -1.07. The average molecular weight is 305 g/mol. The highest BCUT2D eigenvalue weighted by atomic mass is 19.2. The van der Waals surface area contributed by atoms with E-state index in [9.17, 15) is 13.6 Å². The van der Waals surface area contributed by atoms with E-state index in [2.05, 4.69) is 10.9 Å². The molecule has 0 fully saturated rings. The molecule has 0 atom stereocenters. The number of terminal acetylenes is 1. The highest BCUT2D eigenvalue weighted by Crippen LogP contribution is 2.32. The van der Waals surface area contributed by atoms with Crippen molar-refractivity contribution >= 4 is 16.9 Å². The van der Waals surface area contributed by atoms with E-state index in [0.29, 0.717) is 0 Å². The van der Waals surface area contributed by atoms with Gasteiger partial charge in [0.15, 0.2) is 11.6 Å². The molecule has 114 valence electrons. The summed E-state index contributed by atoms with van der Waals surface area (Å²) in [6, 6.07) is 1.86. The number of hydrogen-bond acceptors (Lipinski definition) is 4. The summed E-state index contributed by atoms with van der Waals surface area (Å²) in [4.78, 5) is 16.2. The summed E-state index contributed by atoms with van der Waals surface area (Å²) in [7, 11) is 0. The minimum absolute atomic E-state index is 0.0396. The molecule has 0 spiro atoms. The molecule has 0 N–H and O–H groups in total. The van der Waals surface area contributed by atoms with Crippen molar-refractivity contribution in [2.45, 2.75) is 13.8 Å². The molecule has 1 heterocycles. The zero-order valence-corrected chi connectivity index (χ0v) is 12.1. The van der Waals surface area contributed by atoms with E-state index >= 15 is 0 Å². The smallest absolute Gasteiger partial charge is 0.343 e. The zero-order chi connectivity index (χ0) is 16.3. The van der Waals surface area contributed by atoms with Crippen LogP contribution in [0.25, 0.3) is 10.9 Å². The Hall–Kier alpha value is -2.68. The normalized spacial score (nSPS) is 10.3. The molecule has 0 saturated heterocycles. The summed E-state index contributed by atoms with van der Waals surface area (Å²) in [6.07, 6.45) is 5.16. The average Bonchev–Trinajstić information content (AvgIpc) is 2.46. The predicted octanol–water partition coefficient (Wildman–Crippen LogP) is 3.01. The summed E-state index contributed by atoms with van der Waals surface area (Å²) in [5.74, 6) is -0.466. The molecule has 0 aliphatic heterocycles. The van der Waals surface area contributed by atoms with Crippen LogP contribution in [0, 0.1) is 30.9 Å². The third-order valence-electron chi connectivity index (χ3n) is 2.94. The van der Waals surface area contributed by atoms with E-state index in [-0.39, 0.29) is 41.1 Å². The monoisotopic (exact) mass is 305 g/mol. The van der Waals surface area contributed by atoms with Crippen molar-refractivity contribution in [3.63, 3.8) is 0 Å². The zero-order valence-electron chi connectivity index (χ0n) is 12.1. The Bertz CT molecular complexity index is 781. The van der Waals surface area contributed by atoms with Crippen molar-refractivity contribution in [3.8, 4) is 18.1 Å². The number of aryl methyl sites for hydroxylation is 1. The lowest BCUT2D eigenvalue weighted by molar-refractivity contribution is 0.0521. The van der Waals surface area contributed by atoms with Crippen molar-refractivity contribution in [1.29, 1.82) is 0 Å². The third kappa shape index (κ3) is 2.84. The Labute approximate surface area is 126 Å². The molecular formula is C16H13F2NO3. The first-order chi connectivity index (χ1) is 10.5. The number of carbonyl (C=O) groups is 1. The quantitative estimate of drug-likeness (QED) is 0.643. The van der Waals surface area contributed by atoms with Gasteiger partial charge in [0.1, 0.15) is 17.9 Å². The molecule has 0 saturated carbocycles. The van der Waals surface area contributed by atoms with Crippen LogP contribution in [0.2, 0.25) is 0 Å². The molecule has 0 aliphatic rings. The summed E-state index contributed by atoms with van der Waals surface area (Å²) in [5.41, 5.74) is 0.496. The summed E-state index contributed by atoms with van der Waals surface area (Å²) < 4.78 is 37.2. The summed E-state index contributed by atoms with van der Waals surface area (Å²) in [5, 5.41) is 0.155. The van der Waals surface area contributed by atoms with Crippen LogP contribution in [-0.2, 0) is 4.74 Å². The van der Waals surface area contributed by atoms with E-state index in [1.54, 1.807) is 13.8 Å². The van der Waals surface area contributed by atoms with Gasteiger partial charge in [-0.15, -0.1) is 6.42 Å². The first-order valence-corrected chi connectivity index (χ1v) is 6.52. The fourth-order valence-corrected chi connectivity index (χ4v) is 2.05. The van der Waals surface area contributed by atoms with E-state index in [4.69, 9.17) is 15.9 Å². The Morgan fingerprint density at radius 3 is 2.68 bits per heavy atom. The van der Waals surface area contributed by atoms with Crippen LogP contribution >= 0.6 is 0 Å². The lowest BCUT2D eigenvalue weighted by atomic mass is 10.1. The van der Waals surface area contributed by atoms with Crippen molar-refractivity contribution in [2.75, 3.05) is 13.2 Å². The molecule has 0 amide bonds. The number of ether oxygens (including phenoxy) is 2. The molecule has 0 radical (unpaired) electrons. The van der Waals surface area contributed by atoms with Crippen LogP contribution in [0.5, 0.6) is 5.75 Å². The largest absolute Gasteiger partial charge is 0.479 e. The minimum Gasteiger partial charge on any atom is -0.479 e. The van der Waals surface area contributed by atoms with Crippen molar-refractivity contribution in [2.24, 2.45) is 0 Å². The highest BCUT2D eigenvalue weighted by Gasteiger charge is 2.22. The van der Waals surface area contributed by atoms with Gasteiger partial charge in [-0.3, -0.25) is 4.98 Å². The molecule has 0 bridgehead atoms. The third-order valence-corrected chi connectivity index (χ3v) is 2.94. The number of benzene rings is 1. The molecule has 4 nitrogen and oxygen atoms in total. The van der Waals surface area contributed by atoms with E-state index in [0.717, 1.165) is 12.1 Å². The first kappa shape index (κ1) is 15.7. The number of pyridine rings is 1. The maximum Gasteiger partial charge on any atom is 0.343 e. The molecule has 6 heteroatoms. The highest BCUT2D eigenvalue weighted by molar-refractivity contribution is 6.01. The number of aromatic nitrogens is 1. The molecule has 2 aromatic rings. The molecule has 1 aromatic heterocycles. The number of esters is 1. The van der Waals surface area contributed by atoms with Gasteiger partial charge in [-0.05, 0) is 19.9 Å². The van der Waals surface area contributed by atoms with Gasteiger partial charge in [-0.2, -0.15) is 0 Å². The van der Waals surface area contributed by atoms with E-state index in [1.807, 2.05) is 0 Å². The van der Waals surface area contributed by atoms with Crippen molar-refractivity contribution in [3.05, 3.63) is 35.0 Å². The van der Waals surface area contributed by atoms with Gasteiger partial charge in [0.2, 0.25) is 0 Å². The van der Waals surface area contributed by atoms with Gasteiger partial charge < -0.3 is 9.47 Å². The van der Waals surface area contributed by atoms with Gasteiger partial charge in [-0.1, -0.05) is 5.92 Å². The number of hydrogen-bond donors (Lipinski definition) is 0. The SMILES string of the molecule is C#CCOc1c(C(=O)OCC)c(C)nc2cc(F)c(F)cc12. The van der Waals surface area contributed by atoms with Crippen LogP contribution in [0.4, 0.5) is 8.78 Å². The molecule has 1 aromatic carbocycles. The Balaban J connectivity index is 2.77. The molecule has 22 heavy (non-hydrogen) atoms. The summed E-state index contributed by atoms with van der Waals surface area (Å²) >= 11 is 0. The van der Waals surface area contributed by atoms with E-state index in [1.165, 1.54) is 0 Å². The first-order valence-electron chi connectivity index (χ1n) is 6.52. The standard InChI is InChI=1S/C16H13F2NO3/c1-4-6-22-15-10-7-11(17)12(18)8-13(10)19-9(3)14(15)16(20)21-5-2/h1,7-8H,5-6H2,2-3H3. The second-order valence-electron chi connectivity index (χ2n) is 4.40. The maximum atomic E-state index is 13.5. The second-order valence-corrected chi connectivity index (χ2v) is 4.40. The molecule has 0 unspecified atom stereocenters. The van der Waals surface area contributed by atoms with Gasteiger partial charge in [-0.25, -0.2) is 13.6 Å². The van der Waals surface area contributed by atoms with Crippen LogP contribution in [-0.4, -0.2) is 24.2 Å². The van der Waals surface area contributed by atoms with Crippen LogP contribution < -0.4 is 4.74 Å². The number of rotatable bonds is 4. The second kappa shape index (κ2) is 6.39. The predicted molar refractivity (Wildman–Crippen MR) is 76.7 cm³/mol. The van der Waals surface area contributed by atoms with Gasteiger partial charge in [0, 0.05) is 11.5 Å². The lowest BCUT2D eigenvalue weighted by Crippen LogP contribution is -2.12. The molecule has 2 rings (SSSR count). The Morgan fingerprint density at radius 1 is 1.36 bits per heavy atom. The number of nitrogens with zero attached hydrogens (tertiary/aromatic N) is 1. The van der Waals surface area contributed by atoms with Gasteiger partial charge in [0.05, 0.1) is 17.8 Å². The number of halogens is 2. The van der Waals surface area contributed by atoms with Crippen LogP contribution in [0.3, 0.4) is 0 Å². The number of carbonyl (C=O) groups excluding carboxylic acids is 1. The summed E-state index contributed by atoms with van der Waals surface area (Å²) in [6.45, 7) is 3.22. The van der Waals surface area contributed by atoms with Gasteiger partial charge in [0.25, 0.3) is 0 Å². The fraction of sp³-hybridized carbons (Fsp3) is 0.250. The number of fused-ring (bicyclic) bond motifs is 1. The topological polar surface area (TPSA) is 48.4 Å². The maximum absolute atomic E-state index is 13.5. The Kier molecular flexibility index (Phi) is 4.56. The Morgan fingerprint density at radius 2 is 2.05 bits per heavy atom. The molecular weight excluding hydrogens is 292 g/mol. The van der Waals surface area contributed by atoms with Crippen molar-refractivity contribution < 1.29 is 23.0 Å². The lowest BCUT2D eigenvalue weighted by Gasteiger charge is -2.14. The van der Waals surface area contributed by atoms with Crippen molar-refractivity contribution in [1.82, 2.24) is 4.98 Å². The van der Waals surface area contributed by atoms with E-state index < -0.39 is 17.6 Å². The van der Waals surface area contributed by atoms with Crippen LogP contribution in [0.15, 0.2) is 12.1 Å². The van der Waals surface area contributed by atoms with Gasteiger partial charge >= 0.3 is 5.97 Å². The molecule has 0 aliphatic carbocycles. The van der Waals surface area contributed by atoms with Crippen LogP contribution in [0.1, 0.15) is 23.0 Å².